The quantitative estimate of drug-likeness (QED) is 0.857. The molecule has 0 aliphatic carbocycles. The zero-order valence-corrected chi connectivity index (χ0v) is 13.1. The molecule has 0 unspecified atom stereocenters. The Bertz CT molecular complexity index is 626. The molecule has 24 heavy (non-hydrogen) atoms. The first kappa shape index (κ1) is 17.0. The average Bonchev–Trinajstić information content (AvgIpc) is 2.94. The monoisotopic (exact) mass is 340 g/mol. The number of rotatable bonds is 4. The number of carbonyl (C=O) groups is 1. The van der Waals surface area contributed by atoms with Crippen LogP contribution in [0.25, 0.3) is 0 Å². The number of hydrogen-bond donors (Lipinski definition) is 1. The molecule has 130 valence electrons. The number of hydrogen-bond acceptors (Lipinski definition) is 3. The number of carbonyl (C=O) groups excluding carboxylic acids is 1. The van der Waals surface area contributed by atoms with Crippen molar-refractivity contribution in [3.8, 4) is 0 Å². The molecule has 1 N–H and O–H groups in total. The Balaban J connectivity index is 1.60. The lowest BCUT2D eigenvalue weighted by Gasteiger charge is -2.19. The lowest BCUT2D eigenvalue weighted by Crippen LogP contribution is -2.39. The highest BCUT2D eigenvalue weighted by Crippen LogP contribution is 2.31. The number of ether oxygens (including phenoxy) is 1. The van der Waals surface area contributed by atoms with Gasteiger partial charge in [-0.25, -0.2) is 0 Å². The third-order valence-corrected chi connectivity index (χ3v) is 4.27. The Morgan fingerprint density at radius 2 is 2.00 bits per heavy atom. The fourth-order valence-corrected chi connectivity index (χ4v) is 2.94. The van der Waals surface area contributed by atoms with E-state index >= 15 is 0 Å². The van der Waals surface area contributed by atoms with E-state index in [1.807, 2.05) is 0 Å². The molecule has 0 bridgehead atoms. The van der Waals surface area contributed by atoms with Gasteiger partial charge in [0.25, 0.3) is 0 Å². The molecule has 2 aliphatic heterocycles. The molecule has 3 rings (SSSR count). The number of nitrogens with one attached hydrogen (secondary N) is 1. The number of benzene rings is 1. The van der Waals surface area contributed by atoms with Crippen molar-refractivity contribution >= 4 is 11.6 Å². The summed E-state index contributed by atoms with van der Waals surface area (Å²) in [5.41, 5.74) is 0.913. The zero-order valence-electron chi connectivity index (χ0n) is 13.1. The van der Waals surface area contributed by atoms with E-state index in [1.54, 1.807) is 0 Å². The molecule has 0 aromatic heterocycles. The first-order chi connectivity index (χ1) is 11.4. The van der Waals surface area contributed by atoms with Crippen molar-refractivity contribution < 1.29 is 22.7 Å². The molecular formula is C17H19F3N2O2. The number of anilines is 1. The van der Waals surface area contributed by atoms with E-state index in [0.717, 1.165) is 30.7 Å². The average molecular weight is 340 g/mol. The van der Waals surface area contributed by atoms with Crippen molar-refractivity contribution in [1.82, 2.24) is 5.32 Å². The third kappa shape index (κ3) is 3.79. The highest BCUT2D eigenvalue weighted by molar-refractivity contribution is 5.99. The molecule has 2 heterocycles. The summed E-state index contributed by atoms with van der Waals surface area (Å²) in [6, 6.07) is 4.40. The summed E-state index contributed by atoms with van der Waals surface area (Å²) in [4.78, 5) is 14.0. The largest absolute Gasteiger partial charge is 0.416 e. The second-order valence-corrected chi connectivity index (χ2v) is 5.96. The van der Waals surface area contributed by atoms with Gasteiger partial charge in [0.15, 0.2) is 0 Å². The van der Waals surface area contributed by atoms with Crippen LogP contribution in [0.2, 0.25) is 0 Å². The molecule has 1 aromatic rings. The molecule has 1 saturated heterocycles. The maximum Gasteiger partial charge on any atom is 0.416 e. The van der Waals surface area contributed by atoms with E-state index in [0.29, 0.717) is 31.8 Å². The van der Waals surface area contributed by atoms with Crippen molar-refractivity contribution in [3.05, 3.63) is 41.5 Å². The summed E-state index contributed by atoms with van der Waals surface area (Å²) in [6.07, 6.45) is -0.738. The second-order valence-electron chi connectivity index (χ2n) is 5.96. The van der Waals surface area contributed by atoms with Crippen molar-refractivity contribution in [2.24, 2.45) is 0 Å². The molecule has 1 atom stereocenters. The van der Waals surface area contributed by atoms with Gasteiger partial charge in [-0.3, -0.25) is 4.79 Å². The van der Waals surface area contributed by atoms with E-state index in [9.17, 15) is 18.0 Å². The van der Waals surface area contributed by atoms with E-state index < -0.39 is 11.7 Å². The minimum absolute atomic E-state index is 0.105. The first-order valence-electron chi connectivity index (χ1n) is 7.93. The fraction of sp³-hybridized carbons (Fsp3) is 0.471. The van der Waals surface area contributed by atoms with Gasteiger partial charge < -0.3 is 15.0 Å². The first-order valence-corrected chi connectivity index (χ1v) is 7.93. The van der Waals surface area contributed by atoms with Gasteiger partial charge >= 0.3 is 6.18 Å². The van der Waals surface area contributed by atoms with E-state index in [-0.39, 0.29) is 11.9 Å². The Morgan fingerprint density at radius 3 is 2.62 bits per heavy atom. The number of halogens is 3. The molecule has 4 nitrogen and oxygen atoms in total. The summed E-state index contributed by atoms with van der Waals surface area (Å²) in [5, 5.41) is 3.22. The number of alkyl halides is 3. The summed E-state index contributed by atoms with van der Waals surface area (Å²) >= 11 is 0. The van der Waals surface area contributed by atoms with E-state index in [4.69, 9.17) is 4.74 Å². The maximum absolute atomic E-state index is 12.6. The minimum atomic E-state index is -4.37. The standard InChI is InChI=1S/C17H19F3N2O2/c18-17(19,20)13-3-5-14(6-4-13)22-8-7-15(16(22)23)21-10-12-2-1-9-24-11-12/h2-6,15,21H,1,7-11H2/t15-/m1/s1. The number of amides is 1. The summed E-state index contributed by atoms with van der Waals surface area (Å²) in [7, 11) is 0. The van der Waals surface area contributed by atoms with Crippen molar-refractivity contribution in [1.29, 1.82) is 0 Å². The molecule has 7 heteroatoms. The van der Waals surface area contributed by atoms with Crippen LogP contribution in [-0.2, 0) is 15.7 Å². The van der Waals surface area contributed by atoms with Crippen LogP contribution in [0.15, 0.2) is 35.9 Å². The van der Waals surface area contributed by atoms with Crippen LogP contribution in [0, 0.1) is 0 Å². The predicted molar refractivity (Wildman–Crippen MR) is 83.7 cm³/mol. The van der Waals surface area contributed by atoms with Gasteiger partial charge in [0.2, 0.25) is 5.91 Å². The fourth-order valence-electron chi connectivity index (χ4n) is 2.94. The normalized spacial score (nSPS) is 22.0. The molecule has 1 fully saturated rings. The van der Waals surface area contributed by atoms with Gasteiger partial charge in [0.1, 0.15) is 0 Å². The van der Waals surface area contributed by atoms with Crippen LogP contribution in [0.4, 0.5) is 18.9 Å². The van der Waals surface area contributed by atoms with Gasteiger partial charge in [-0.2, -0.15) is 13.2 Å². The lowest BCUT2D eigenvalue weighted by atomic mass is 10.1. The Hall–Kier alpha value is -1.86. The molecule has 0 spiro atoms. The lowest BCUT2D eigenvalue weighted by molar-refractivity contribution is -0.137. The van der Waals surface area contributed by atoms with Gasteiger partial charge in [0, 0.05) is 18.8 Å². The molecular weight excluding hydrogens is 321 g/mol. The van der Waals surface area contributed by atoms with E-state index in [2.05, 4.69) is 11.4 Å². The van der Waals surface area contributed by atoms with Crippen LogP contribution in [0.5, 0.6) is 0 Å². The molecule has 2 aliphatic rings. The van der Waals surface area contributed by atoms with Crippen LogP contribution in [0.3, 0.4) is 0 Å². The molecule has 1 aromatic carbocycles. The van der Waals surface area contributed by atoms with Crippen molar-refractivity contribution in [2.75, 3.05) is 31.2 Å². The molecule has 0 radical (unpaired) electrons. The van der Waals surface area contributed by atoms with Crippen LogP contribution in [0.1, 0.15) is 18.4 Å². The predicted octanol–water partition coefficient (Wildman–Crippen LogP) is 2.75. The number of nitrogens with zero attached hydrogens (tertiary/aromatic N) is 1. The zero-order chi connectivity index (χ0) is 17.2. The van der Waals surface area contributed by atoms with E-state index in [1.165, 1.54) is 17.0 Å². The summed E-state index contributed by atoms with van der Waals surface area (Å²) in [5.74, 6) is -0.105. The van der Waals surface area contributed by atoms with Gasteiger partial charge in [-0.15, -0.1) is 0 Å². The summed E-state index contributed by atoms with van der Waals surface area (Å²) in [6.45, 7) is 2.40. The topological polar surface area (TPSA) is 41.6 Å². The van der Waals surface area contributed by atoms with Gasteiger partial charge in [0.05, 0.1) is 24.8 Å². The summed E-state index contributed by atoms with van der Waals surface area (Å²) < 4.78 is 43.2. The third-order valence-electron chi connectivity index (χ3n) is 4.27. The van der Waals surface area contributed by atoms with Crippen LogP contribution in [-0.4, -0.2) is 38.3 Å². The molecule has 0 saturated carbocycles. The second kappa shape index (κ2) is 6.94. The maximum atomic E-state index is 12.6. The minimum Gasteiger partial charge on any atom is -0.377 e. The highest BCUT2D eigenvalue weighted by Gasteiger charge is 2.34. The Morgan fingerprint density at radius 1 is 1.25 bits per heavy atom. The highest BCUT2D eigenvalue weighted by atomic mass is 19.4. The SMILES string of the molecule is O=C1[C@H](NCC2=CCCOC2)CCN1c1ccc(C(F)(F)F)cc1. The van der Waals surface area contributed by atoms with Crippen LogP contribution >= 0.6 is 0 Å². The Kier molecular flexibility index (Phi) is 4.91. The van der Waals surface area contributed by atoms with Gasteiger partial charge in [-0.1, -0.05) is 6.08 Å². The van der Waals surface area contributed by atoms with Gasteiger partial charge in [-0.05, 0) is 42.7 Å². The Labute approximate surface area is 138 Å². The smallest absolute Gasteiger partial charge is 0.377 e. The van der Waals surface area contributed by atoms with Crippen molar-refractivity contribution in [3.63, 3.8) is 0 Å². The molecule has 1 amide bonds. The van der Waals surface area contributed by atoms with Crippen molar-refractivity contribution in [2.45, 2.75) is 25.1 Å². The van der Waals surface area contributed by atoms with Crippen LogP contribution < -0.4 is 10.2 Å².